The number of fused-ring (bicyclic) bond motifs is 1. The van der Waals surface area contributed by atoms with E-state index in [4.69, 9.17) is 5.73 Å². The lowest BCUT2D eigenvalue weighted by Crippen LogP contribution is -2.00. The summed E-state index contributed by atoms with van der Waals surface area (Å²) < 4.78 is 0. The summed E-state index contributed by atoms with van der Waals surface area (Å²) in [4.78, 5) is 9.18. The topological polar surface area (TPSA) is 51.8 Å². The van der Waals surface area contributed by atoms with Crippen LogP contribution in [0, 0.1) is 20.8 Å². The van der Waals surface area contributed by atoms with Crippen LogP contribution in [0.3, 0.4) is 0 Å². The second kappa shape index (κ2) is 4.60. The third-order valence-electron chi connectivity index (χ3n) is 3.59. The van der Waals surface area contributed by atoms with Gasteiger partial charge in [-0.1, -0.05) is 29.8 Å². The molecule has 0 fully saturated rings. The fourth-order valence-electron chi connectivity index (χ4n) is 2.48. The van der Waals surface area contributed by atoms with Gasteiger partial charge in [0.1, 0.15) is 5.82 Å². The van der Waals surface area contributed by atoms with E-state index in [0.29, 0.717) is 11.6 Å². The van der Waals surface area contributed by atoms with Crippen LogP contribution in [0.4, 0.5) is 5.82 Å². The van der Waals surface area contributed by atoms with Gasteiger partial charge in [-0.15, -0.1) is 0 Å². The number of nitrogen functional groups attached to an aromatic ring is 1. The van der Waals surface area contributed by atoms with E-state index >= 15 is 0 Å². The van der Waals surface area contributed by atoms with Crippen molar-refractivity contribution >= 4 is 16.7 Å². The highest BCUT2D eigenvalue weighted by Crippen LogP contribution is 2.27. The zero-order valence-electron chi connectivity index (χ0n) is 11.9. The first kappa shape index (κ1) is 12.6. The SMILES string of the molecule is Cc1ccc(C)c(-c2nc(N)c3c(C)cccc3n2)c1. The zero-order valence-corrected chi connectivity index (χ0v) is 11.9. The van der Waals surface area contributed by atoms with Crippen LogP contribution in [0.1, 0.15) is 16.7 Å². The molecule has 0 spiro atoms. The fraction of sp³-hybridized carbons (Fsp3) is 0.176. The number of aromatic nitrogens is 2. The average Bonchev–Trinajstić information content (AvgIpc) is 2.41. The Morgan fingerprint density at radius 1 is 0.900 bits per heavy atom. The Bertz CT molecular complexity index is 807. The summed E-state index contributed by atoms with van der Waals surface area (Å²) in [6.07, 6.45) is 0. The zero-order chi connectivity index (χ0) is 14.3. The Hall–Kier alpha value is -2.42. The summed E-state index contributed by atoms with van der Waals surface area (Å²) in [5, 5.41) is 0.946. The molecule has 0 amide bonds. The minimum atomic E-state index is 0.545. The summed E-state index contributed by atoms with van der Waals surface area (Å²) in [6.45, 7) is 6.16. The number of nitrogens with two attached hydrogens (primary N) is 1. The summed E-state index contributed by atoms with van der Waals surface area (Å²) in [5.41, 5.74) is 11.5. The normalized spacial score (nSPS) is 10.9. The fourth-order valence-corrected chi connectivity index (χ4v) is 2.48. The predicted octanol–water partition coefficient (Wildman–Crippen LogP) is 3.80. The van der Waals surface area contributed by atoms with Crippen molar-refractivity contribution < 1.29 is 0 Å². The summed E-state index contributed by atoms with van der Waals surface area (Å²) in [6, 6.07) is 12.3. The molecule has 3 nitrogen and oxygen atoms in total. The predicted molar refractivity (Wildman–Crippen MR) is 83.6 cm³/mol. The molecule has 2 aromatic carbocycles. The van der Waals surface area contributed by atoms with Crippen LogP contribution >= 0.6 is 0 Å². The Balaban J connectivity index is 2.30. The largest absolute Gasteiger partial charge is 0.383 e. The smallest absolute Gasteiger partial charge is 0.162 e. The monoisotopic (exact) mass is 263 g/mol. The van der Waals surface area contributed by atoms with E-state index in [1.807, 2.05) is 25.1 Å². The Labute approximate surface area is 118 Å². The van der Waals surface area contributed by atoms with E-state index < -0.39 is 0 Å². The third kappa shape index (κ3) is 2.01. The van der Waals surface area contributed by atoms with Crippen molar-refractivity contribution in [3.8, 4) is 11.4 Å². The standard InChI is InChI=1S/C17H17N3/c1-10-7-8-11(2)13(9-10)17-19-14-6-4-5-12(3)15(14)16(18)20-17/h4-9H,1-3H3,(H2,18,19,20). The number of nitrogens with zero attached hydrogens (tertiary/aromatic N) is 2. The second-order valence-corrected chi connectivity index (χ2v) is 5.22. The van der Waals surface area contributed by atoms with Gasteiger partial charge in [-0.05, 0) is 44.0 Å². The number of benzene rings is 2. The maximum Gasteiger partial charge on any atom is 0.162 e. The van der Waals surface area contributed by atoms with E-state index in [-0.39, 0.29) is 0 Å². The van der Waals surface area contributed by atoms with Crippen LogP contribution in [0.15, 0.2) is 36.4 Å². The van der Waals surface area contributed by atoms with Gasteiger partial charge >= 0.3 is 0 Å². The average molecular weight is 263 g/mol. The first-order chi connectivity index (χ1) is 9.56. The Morgan fingerprint density at radius 3 is 2.50 bits per heavy atom. The number of anilines is 1. The van der Waals surface area contributed by atoms with Crippen molar-refractivity contribution in [3.63, 3.8) is 0 Å². The molecule has 0 saturated carbocycles. The molecule has 3 heteroatoms. The van der Waals surface area contributed by atoms with Gasteiger partial charge in [-0.3, -0.25) is 0 Å². The van der Waals surface area contributed by atoms with E-state index in [1.165, 1.54) is 5.56 Å². The molecule has 3 rings (SSSR count). The van der Waals surface area contributed by atoms with Crippen LogP contribution in [-0.2, 0) is 0 Å². The molecule has 100 valence electrons. The Kier molecular flexibility index (Phi) is 2.90. The lowest BCUT2D eigenvalue weighted by Gasteiger charge is -2.10. The van der Waals surface area contributed by atoms with Gasteiger partial charge in [-0.25, -0.2) is 9.97 Å². The second-order valence-electron chi connectivity index (χ2n) is 5.22. The molecule has 0 aliphatic carbocycles. The van der Waals surface area contributed by atoms with Crippen molar-refractivity contribution in [1.82, 2.24) is 9.97 Å². The van der Waals surface area contributed by atoms with Crippen LogP contribution in [0.5, 0.6) is 0 Å². The Morgan fingerprint density at radius 2 is 1.70 bits per heavy atom. The highest BCUT2D eigenvalue weighted by Gasteiger charge is 2.10. The van der Waals surface area contributed by atoms with Crippen molar-refractivity contribution in [1.29, 1.82) is 0 Å². The van der Waals surface area contributed by atoms with Gasteiger partial charge in [0.15, 0.2) is 5.82 Å². The summed E-state index contributed by atoms with van der Waals surface area (Å²) in [5.74, 6) is 1.24. The van der Waals surface area contributed by atoms with Crippen LogP contribution in [0.2, 0.25) is 0 Å². The molecule has 0 radical (unpaired) electrons. The first-order valence-electron chi connectivity index (χ1n) is 6.67. The van der Waals surface area contributed by atoms with Gasteiger partial charge in [0.25, 0.3) is 0 Å². The van der Waals surface area contributed by atoms with Crippen molar-refractivity contribution in [2.45, 2.75) is 20.8 Å². The molecular formula is C17H17N3. The molecule has 1 aromatic heterocycles. The minimum absolute atomic E-state index is 0.545. The van der Waals surface area contributed by atoms with E-state index in [9.17, 15) is 0 Å². The molecule has 0 bridgehead atoms. The number of aryl methyl sites for hydroxylation is 3. The molecular weight excluding hydrogens is 246 g/mol. The lowest BCUT2D eigenvalue weighted by molar-refractivity contribution is 1.21. The maximum absolute atomic E-state index is 6.13. The molecule has 0 aliphatic heterocycles. The molecule has 2 N–H and O–H groups in total. The maximum atomic E-state index is 6.13. The van der Waals surface area contributed by atoms with Crippen molar-refractivity contribution in [2.75, 3.05) is 5.73 Å². The van der Waals surface area contributed by atoms with Crippen molar-refractivity contribution in [2.24, 2.45) is 0 Å². The minimum Gasteiger partial charge on any atom is -0.383 e. The van der Waals surface area contributed by atoms with E-state index in [2.05, 4.69) is 42.0 Å². The molecule has 0 unspecified atom stereocenters. The molecule has 20 heavy (non-hydrogen) atoms. The van der Waals surface area contributed by atoms with E-state index in [1.54, 1.807) is 0 Å². The van der Waals surface area contributed by atoms with Crippen molar-refractivity contribution in [3.05, 3.63) is 53.1 Å². The molecule has 3 aromatic rings. The van der Waals surface area contributed by atoms with E-state index in [0.717, 1.165) is 27.6 Å². The molecule has 0 atom stereocenters. The first-order valence-corrected chi connectivity index (χ1v) is 6.67. The highest BCUT2D eigenvalue weighted by molar-refractivity contribution is 5.92. The van der Waals surface area contributed by atoms with Crippen LogP contribution < -0.4 is 5.73 Å². The summed E-state index contributed by atoms with van der Waals surface area (Å²) in [7, 11) is 0. The number of hydrogen-bond donors (Lipinski definition) is 1. The van der Waals surface area contributed by atoms with Gasteiger partial charge < -0.3 is 5.73 Å². The lowest BCUT2D eigenvalue weighted by atomic mass is 10.0. The van der Waals surface area contributed by atoms with Gasteiger partial charge in [0, 0.05) is 10.9 Å². The number of rotatable bonds is 1. The van der Waals surface area contributed by atoms with Crippen LogP contribution in [0.25, 0.3) is 22.3 Å². The van der Waals surface area contributed by atoms with Gasteiger partial charge in [0.2, 0.25) is 0 Å². The van der Waals surface area contributed by atoms with Crippen LogP contribution in [-0.4, -0.2) is 9.97 Å². The number of hydrogen-bond acceptors (Lipinski definition) is 3. The highest BCUT2D eigenvalue weighted by atomic mass is 14.9. The molecule has 0 aliphatic rings. The molecule has 0 saturated heterocycles. The third-order valence-corrected chi connectivity index (χ3v) is 3.59. The quantitative estimate of drug-likeness (QED) is 0.726. The summed E-state index contributed by atoms with van der Waals surface area (Å²) >= 11 is 0. The van der Waals surface area contributed by atoms with Gasteiger partial charge in [0.05, 0.1) is 5.52 Å². The molecule has 1 heterocycles. The van der Waals surface area contributed by atoms with Gasteiger partial charge in [-0.2, -0.15) is 0 Å².